The molecular weight excluding hydrogens is 347 g/mol. The van der Waals surface area contributed by atoms with E-state index in [2.05, 4.69) is 10.3 Å². The third kappa shape index (κ3) is 3.16. The highest BCUT2D eigenvalue weighted by molar-refractivity contribution is 6.35. The summed E-state index contributed by atoms with van der Waals surface area (Å²) >= 11 is 12.3. The van der Waals surface area contributed by atoms with E-state index in [0.717, 1.165) is 5.56 Å². The van der Waals surface area contributed by atoms with Crippen molar-refractivity contribution in [3.05, 3.63) is 69.8 Å². The molecule has 0 aliphatic carbocycles. The van der Waals surface area contributed by atoms with E-state index in [1.54, 1.807) is 48.7 Å². The van der Waals surface area contributed by atoms with Crippen molar-refractivity contribution >= 4 is 40.0 Å². The maximum atomic E-state index is 11.7. The SMILES string of the molecule is CC(=O)N[C@H](c1ccc(Cl)cc1)c1cc(Cl)c2cccnc2c1O. The number of pyridine rings is 1. The van der Waals surface area contributed by atoms with E-state index in [1.807, 2.05) is 0 Å². The molecule has 1 atom stereocenters. The Labute approximate surface area is 149 Å². The molecule has 0 saturated heterocycles. The molecule has 0 radical (unpaired) electrons. The summed E-state index contributed by atoms with van der Waals surface area (Å²) in [6.07, 6.45) is 1.58. The van der Waals surface area contributed by atoms with Gasteiger partial charge in [0.15, 0.2) is 0 Å². The molecule has 122 valence electrons. The van der Waals surface area contributed by atoms with Gasteiger partial charge in [-0.3, -0.25) is 9.78 Å². The summed E-state index contributed by atoms with van der Waals surface area (Å²) in [6.45, 7) is 1.42. The Morgan fingerprint density at radius 3 is 2.58 bits per heavy atom. The molecule has 3 rings (SSSR count). The topological polar surface area (TPSA) is 62.2 Å². The van der Waals surface area contributed by atoms with E-state index in [-0.39, 0.29) is 11.7 Å². The van der Waals surface area contributed by atoms with Crippen LogP contribution in [-0.2, 0) is 4.79 Å². The number of phenolic OH excluding ortho intramolecular Hbond substituents is 1. The van der Waals surface area contributed by atoms with Gasteiger partial charge in [0.25, 0.3) is 0 Å². The molecule has 6 heteroatoms. The normalized spacial score (nSPS) is 12.1. The van der Waals surface area contributed by atoms with Crippen molar-refractivity contribution in [1.82, 2.24) is 10.3 Å². The van der Waals surface area contributed by atoms with Crippen LogP contribution in [0.15, 0.2) is 48.7 Å². The zero-order chi connectivity index (χ0) is 17.3. The predicted molar refractivity (Wildman–Crippen MR) is 95.5 cm³/mol. The van der Waals surface area contributed by atoms with Crippen LogP contribution in [0.1, 0.15) is 24.1 Å². The Balaban J connectivity index is 2.21. The van der Waals surface area contributed by atoms with Crippen LogP contribution < -0.4 is 5.32 Å². The fourth-order valence-electron chi connectivity index (χ4n) is 2.63. The predicted octanol–water partition coefficient (Wildman–Crippen LogP) is 4.47. The van der Waals surface area contributed by atoms with Gasteiger partial charge in [0.2, 0.25) is 5.91 Å². The fourth-order valence-corrected chi connectivity index (χ4v) is 3.02. The highest BCUT2D eigenvalue weighted by Gasteiger charge is 2.22. The van der Waals surface area contributed by atoms with Crippen LogP contribution in [-0.4, -0.2) is 16.0 Å². The average molecular weight is 361 g/mol. The molecule has 0 bridgehead atoms. The minimum atomic E-state index is -0.566. The second kappa shape index (κ2) is 6.67. The van der Waals surface area contributed by atoms with Gasteiger partial charge >= 0.3 is 0 Å². The molecule has 4 nitrogen and oxygen atoms in total. The maximum absolute atomic E-state index is 11.7. The first-order chi connectivity index (χ1) is 11.5. The highest BCUT2D eigenvalue weighted by atomic mass is 35.5. The standard InChI is InChI=1S/C18H14Cl2N2O2/c1-10(23)22-16(11-4-6-12(19)7-5-11)14-9-15(20)13-3-2-8-21-17(13)18(14)24/h2-9,16,24H,1H3,(H,22,23)/t16-/m1/s1. The molecule has 0 saturated carbocycles. The largest absolute Gasteiger partial charge is 0.505 e. The summed E-state index contributed by atoms with van der Waals surface area (Å²) in [6, 6.07) is 11.6. The molecule has 0 aliphatic rings. The average Bonchev–Trinajstić information content (AvgIpc) is 2.57. The highest BCUT2D eigenvalue weighted by Crippen LogP contribution is 2.38. The lowest BCUT2D eigenvalue weighted by Gasteiger charge is -2.21. The number of aromatic hydroxyl groups is 1. The van der Waals surface area contributed by atoms with E-state index in [0.29, 0.717) is 26.5 Å². The van der Waals surface area contributed by atoms with Crippen molar-refractivity contribution in [3.63, 3.8) is 0 Å². The molecule has 24 heavy (non-hydrogen) atoms. The van der Waals surface area contributed by atoms with Crippen molar-refractivity contribution in [2.45, 2.75) is 13.0 Å². The number of halogens is 2. The number of carbonyl (C=O) groups is 1. The van der Waals surface area contributed by atoms with Crippen molar-refractivity contribution in [3.8, 4) is 5.75 Å². The number of nitrogens with zero attached hydrogens (tertiary/aromatic N) is 1. The Bertz CT molecular complexity index is 911. The number of phenols is 1. The van der Waals surface area contributed by atoms with Gasteiger partial charge in [0.1, 0.15) is 11.3 Å². The molecule has 3 aromatic rings. The number of hydrogen-bond donors (Lipinski definition) is 2. The summed E-state index contributed by atoms with van der Waals surface area (Å²) in [5, 5.41) is 15.2. The minimum Gasteiger partial charge on any atom is -0.505 e. The first kappa shape index (κ1) is 16.6. The first-order valence-corrected chi connectivity index (χ1v) is 8.01. The number of carbonyl (C=O) groups excluding carboxylic acids is 1. The van der Waals surface area contributed by atoms with E-state index in [9.17, 15) is 9.90 Å². The lowest BCUT2D eigenvalue weighted by molar-refractivity contribution is -0.119. The van der Waals surface area contributed by atoms with Gasteiger partial charge in [0, 0.05) is 29.1 Å². The molecule has 2 aromatic carbocycles. The number of rotatable bonds is 3. The minimum absolute atomic E-state index is 0.0105. The van der Waals surface area contributed by atoms with E-state index in [4.69, 9.17) is 23.2 Å². The van der Waals surface area contributed by atoms with Crippen LogP contribution in [0.4, 0.5) is 0 Å². The number of benzene rings is 2. The molecule has 0 fully saturated rings. The maximum Gasteiger partial charge on any atom is 0.217 e. The molecule has 1 heterocycles. The zero-order valence-electron chi connectivity index (χ0n) is 12.8. The van der Waals surface area contributed by atoms with Gasteiger partial charge in [-0.05, 0) is 35.9 Å². The molecular formula is C18H14Cl2N2O2. The van der Waals surface area contributed by atoms with Gasteiger partial charge in [-0.25, -0.2) is 0 Å². The number of nitrogens with one attached hydrogen (secondary N) is 1. The van der Waals surface area contributed by atoms with Crippen LogP contribution in [0.2, 0.25) is 10.0 Å². The molecule has 0 aliphatic heterocycles. The summed E-state index contributed by atoms with van der Waals surface area (Å²) in [7, 11) is 0. The Morgan fingerprint density at radius 1 is 1.21 bits per heavy atom. The van der Waals surface area contributed by atoms with Crippen molar-refractivity contribution in [1.29, 1.82) is 0 Å². The van der Waals surface area contributed by atoms with Gasteiger partial charge in [-0.1, -0.05) is 35.3 Å². The number of amides is 1. The quantitative estimate of drug-likeness (QED) is 0.723. The van der Waals surface area contributed by atoms with Crippen molar-refractivity contribution in [2.24, 2.45) is 0 Å². The summed E-state index contributed by atoms with van der Waals surface area (Å²) < 4.78 is 0. The van der Waals surface area contributed by atoms with E-state index in [1.165, 1.54) is 6.92 Å². The van der Waals surface area contributed by atoms with Gasteiger partial charge in [-0.15, -0.1) is 0 Å². The van der Waals surface area contributed by atoms with Crippen molar-refractivity contribution < 1.29 is 9.90 Å². The lowest BCUT2D eigenvalue weighted by atomic mass is 9.96. The second-order valence-corrected chi connectivity index (χ2v) is 6.22. The smallest absolute Gasteiger partial charge is 0.217 e. The van der Waals surface area contributed by atoms with Gasteiger partial charge in [-0.2, -0.15) is 0 Å². The van der Waals surface area contributed by atoms with Crippen LogP contribution in [0.3, 0.4) is 0 Å². The van der Waals surface area contributed by atoms with Crippen LogP contribution in [0.25, 0.3) is 10.9 Å². The van der Waals surface area contributed by atoms with Gasteiger partial charge < -0.3 is 10.4 Å². The summed E-state index contributed by atoms with van der Waals surface area (Å²) in [5.41, 5.74) is 1.64. The first-order valence-electron chi connectivity index (χ1n) is 7.26. The number of fused-ring (bicyclic) bond motifs is 1. The second-order valence-electron chi connectivity index (χ2n) is 5.38. The van der Waals surface area contributed by atoms with E-state index >= 15 is 0 Å². The molecule has 2 N–H and O–H groups in total. The number of aromatic nitrogens is 1. The Morgan fingerprint density at radius 2 is 1.92 bits per heavy atom. The molecule has 1 aromatic heterocycles. The van der Waals surface area contributed by atoms with Crippen LogP contribution in [0.5, 0.6) is 5.75 Å². The number of hydrogen-bond acceptors (Lipinski definition) is 3. The molecule has 0 unspecified atom stereocenters. The Kier molecular flexibility index (Phi) is 4.60. The Hall–Kier alpha value is -2.30. The van der Waals surface area contributed by atoms with Crippen LogP contribution in [0, 0.1) is 0 Å². The van der Waals surface area contributed by atoms with Crippen LogP contribution >= 0.6 is 23.2 Å². The molecule has 0 spiro atoms. The third-order valence-corrected chi connectivity index (χ3v) is 4.27. The fraction of sp³-hybridized carbons (Fsp3) is 0.111. The monoisotopic (exact) mass is 360 g/mol. The van der Waals surface area contributed by atoms with Gasteiger partial charge in [0.05, 0.1) is 11.1 Å². The van der Waals surface area contributed by atoms with E-state index < -0.39 is 6.04 Å². The lowest BCUT2D eigenvalue weighted by Crippen LogP contribution is -2.27. The third-order valence-electron chi connectivity index (χ3n) is 3.71. The zero-order valence-corrected chi connectivity index (χ0v) is 14.3. The summed E-state index contributed by atoms with van der Waals surface area (Å²) in [5.74, 6) is -0.240. The summed E-state index contributed by atoms with van der Waals surface area (Å²) in [4.78, 5) is 15.9. The molecule has 1 amide bonds. The van der Waals surface area contributed by atoms with Crippen molar-refractivity contribution in [2.75, 3.05) is 0 Å².